The minimum atomic E-state index is -0.903. The standard InChI is InChI=1S/C21H24N4O6S/c1-12(19(29)31-4)23-16(27)9-22-17(28)15-10-32-18(25-15)13-5-7-14(8-6-13)24-20(30)21(2,3)11-26/h5-8,10,26H,1,9,11H2,2-4H3,(H,22,28)(H,23,27)(H,24,30). The molecule has 0 saturated heterocycles. The third kappa shape index (κ3) is 6.46. The van der Waals surface area contributed by atoms with Crippen molar-refractivity contribution in [3.05, 3.63) is 47.6 Å². The molecule has 0 fully saturated rings. The number of aromatic nitrogens is 1. The highest BCUT2D eigenvalue weighted by Crippen LogP contribution is 2.26. The van der Waals surface area contributed by atoms with E-state index in [2.05, 4.69) is 32.3 Å². The molecule has 10 nitrogen and oxygen atoms in total. The quantitative estimate of drug-likeness (QED) is 0.326. The van der Waals surface area contributed by atoms with Crippen molar-refractivity contribution >= 4 is 40.7 Å². The third-order valence-electron chi connectivity index (χ3n) is 4.27. The number of aliphatic hydroxyl groups is 1. The van der Waals surface area contributed by atoms with Crippen LogP contribution >= 0.6 is 11.3 Å². The largest absolute Gasteiger partial charge is 0.464 e. The van der Waals surface area contributed by atoms with Crippen molar-refractivity contribution in [1.82, 2.24) is 15.6 Å². The number of carbonyl (C=O) groups excluding carboxylic acids is 4. The molecule has 0 unspecified atom stereocenters. The molecule has 3 amide bonds. The van der Waals surface area contributed by atoms with Gasteiger partial charge in [-0.25, -0.2) is 9.78 Å². The molecule has 0 saturated carbocycles. The summed E-state index contributed by atoms with van der Waals surface area (Å²) < 4.78 is 4.42. The van der Waals surface area contributed by atoms with Crippen molar-refractivity contribution in [2.24, 2.45) is 5.41 Å². The topological polar surface area (TPSA) is 147 Å². The zero-order valence-corrected chi connectivity index (χ0v) is 18.7. The lowest BCUT2D eigenvalue weighted by molar-refractivity contribution is -0.137. The van der Waals surface area contributed by atoms with Crippen LogP contribution in [0, 0.1) is 5.41 Å². The minimum Gasteiger partial charge on any atom is -0.464 e. The zero-order valence-electron chi connectivity index (χ0n) is 17.9. The summed E-state index contributed by atoms with van der Waals surface area (Å²) in [5.41, 5.74) is 0.295. The lowest BCUT2D eigenvalue weighted by atomic mass is 9.93. The molecule has 1 heterocycles. The van der Waals surface area contributed by atoms with Crippen LogP contribution in [-0.4, -0.2) is 54.0 Å². The zero-order chi connectivity index (χ0) is 23.9. The number of hydrogen-bond donors (Lipinski definition) is 4. The van der Waals surface area contributed by atoms with Crippen LogP contribution in [0.1, 0.15) is 24.3 Å². The Kier molecular flexibility index (Phi) is 8.21. The van der Waals surface area contributed by atoms with Crippen LogP contribution in [0.4, 0.5) is 5.69 Å². The fourth-order valence-corrected chi connectivity index (χ4v) is 3.02. The van der Waals surface area contributed by atoms with Crippen LogP contribution in [0.3, 0.4) is 0 Å². The van der Waals surface area contributed by atoms with E-state index in [0.29, 0.717) is 10.7 Å². The van der Waals surface area contributed by atoms with Gasteiger partial charge in [0.25, 0.3) is 5.91 Å². The van der Waals surface area contributed by atoms with Gasteiger partial charge in [-0.15, -0.1) is 11.3 Å². The fourth-order valence-electron chi connectivity index (χ4n) is 2.22. The first-order valence-corrected chi connectivity index (χ1v) is 10.3. The Hall–Kier alpha value is -3.57. The van der Waals surface area contributed by atoms with Gasteiger partial charge in [0.2, 0.25) is 11.8 Å². The van der Waals surface area contributed by atoms with Gasteiger partial charge in [0.05, 0.1) is 25.7 Å². The van der Waals surface area contributed by atoms with Crippen molar-refractivity contribution in [3.8, 4) is 10.6 Å². The molecule has 0 radical (unpaired) electrons. The summed E-state index contributed by atoms with van der Waals surface area (Å²) >= 11 is 1.24. The van der Waals surface area contributed by atoms with E-state index in [1.54, 1.807) is 43.5 Å². The van der Waals surface area contributed by atoms with E-state index >= 15 is 0 Å². The molecule has 0 bridgehead atoms. The smallest absolute Gasteiger partial charge is 0.353 e. The highest BCUT2D eigenvalue weighted by Gasteiger charge is 2.26. The number of nitrogens with one attached hydrogen (secondary N) is 3. The minimum absolute atomic E-state index is 0.131. The SMILES string of the molecule is C=C(NC(=O)CNC(=O)c1csc(-c2ccc(NC(=O)C(C)(C)CO)cc2)n1)C(=O)OC. The summed E-state index contributed by atoms with van der Waals surface area (Å²) in [6.45, 7) is 5.99. The van der Waals surface area contributed by atoms with E-state index in [9.17, 15) is 24.3 Å². The van der Waals surface area contributed by atoms with E-state index < -0.39 is 23.2 Å². The molecule has 0 aliphatic heterocycles. The maximum atomic E-state index is 12.2. The van der Waals surface area contributed by atoms with Crippen molar-refractivity contribution in [3.63, 3.8) is 0 Å². The van der Waals surface area contributed by atoms with Gasteiger partial charge in [0.1, 0.15) is 16.4 Å². The first-order chi connectivity index (χ1) is 15.1. The number of anilines is 1. The Morgan fingerprint density at radius 2 is 1.84 bits per heavy atom. The molecule has 4 N–H and O–H groups in total. The molecule has 1 aromatic heterocycles. The molecule has 11 heteroatoms. The molecule has 0 atom stereocenters. The number of rotatable bonds is 9. The first kappa shape index (κ1) is 24.7. The predicted octanol–water partition coefficient (Wildman–Crippen LogP) is 1.30. The van der Waals surface area contributed by atoms with Gasteiger partial charge in [-0.2, -0.15) is 0 Å². The Labute approximate surface area is 188 Å². The number of esters is 1. The summed E-state index contributed by atoms with van der Waals surface area (Å²) in [6.07, 6.45) is 0. The number of ether oxygens (including phenoxy) is 1. The number of carbonyl (C=O) groups is 4. The van der Waals surface area contributed by atoms with Crippen LogP contribution in [-0.2, 0) is 19.1 Å². The van der Waals surface area contributed by atoms with Crippen molar-refractivity contribution in [1.29, 1.82) is 0 Å². The predicted molar refractivity (Wildman–Crippen MR) is 119 cm³/mol. The summed E-state index contributed by atoms with van der Waals surface area (Å²) in [4.78, 5) is 51.6. The second-order valence-corrected chi connectivity index (χ2v) is 8.17. The number of nitrogens with zero attached hydrogens (tertiary/aromatic N) is 1. The number of amides is 3. The van der Waals surface area contributed by atoms with Crippen LogP contribution in [0.2, 0.25) is 0 Å². The molecule has 0 aliphatic rings. The maximum Gasteiger partial charge on any atom is 0.353 e. The van der Waals surface area contributed by atoms with E-state index in [4.69, 9.17) is 0 Å². The van der Waals surface area contributed by atoms with Crippen LogP contribution in [0.15, 0.2) is 41.9 Å². The van der Waals surface area contributed by atoms with Gasteiger partial charge >= 0.3 is 5.97 Å². The molecular formula is C21H24N4O6S. The lowest BCUT2D eigenvalue weighted by Gasteiger charge is -2.20. The average Bonchev–Trinajstić information content (AvgIpc) is 3.27. The fraction of sp³-hybridized carbons (Fsp3) is 0.286. The van der Waals surface area contributed by atoms with E-state index in [1.165, 1.54) is 11.3 Å². The molecule has 1 aromatic carbocycles. The van der Waals surface area contributed by atoms with Gasteiger partial charge in [-0.1, -0.05) is 6.58 Å². The Bertz CT molecular complexity index is 1030. The Balaban J connectivity index is 1.95. The number of methoxy groups -OCH3 is 1. The van der Waals surface area contributed by atoms with Crippen LogP contribution < -0.4 is 16.0 Å². The Morgan fingerprint density at radius 3 is 2.44 bits per heavy atom. The number of hydrogen-bond acceptors (Lipinski definition) is 8. The summed E-state index contributed by atoms with van der Waals surface area (Å²) in [6, 6.07) is 6.88. The van der Waals surface area contributed by atoms with Crippen molar-refractivity contribution in [2.75, 3.05) is 25.6 Å². The molecule has 0 spiro atoms. The number of aliphatic hydroxyl groups excluding tert-OH is 1. The molecular weight excluding hydrogens is 436 g/mol. The molecule has 2 rings (SSSR count). The highest BCUT2D eigenvalue weighted by atomic mass is 32.1. The average molecular weight is 461 g/mol. The maximum absolute atomic E-state index is 12.2. The van der Waals surface area contributed by atoms with Crippen molar-refractivity contribution < 1.29 is 29.0 Å². The molecule has 0 aliphatic carbocycles. The summed E-state index contributed by atoms with van der Waals surface area (Å²) in [7, 11) is 1.16. The number of thiazole rings is 1. The van der Waals surface area contributed by atoms with E-state index in [0.717, 1.165) is 12.7 Å². The highest BCUT2D eigenvalue weighted by molar-refractivity contribution is 7.13. The molecule has 32 heavy (non-hydrogen) atoms. The summed E-state index contributed by atoms with van der Waals surface area (Å²) in [5.74, 6) is -2.27. The second kappa shape index (κ2) is 10.6. The van der Waals surface area contributed by atoms with E-state index in [1.807, 2.05) is 0 Å². The van der Waals surface area contributed by atoms with Gasteiger partial charge in [0, 0.05) is 16.6 Å². The van der Waals surface area contributed by atoms with Crippen LogP contribution in [0.5, 0.6) is 0 Å². The van der Waals surface area contributed by atoms with Crippen molar-refractivity contribution in [2.45, 2.75) is 13.8 Å². The first-order valence-electron chi connectivity index (χ1n) is 9.41. The lowest BCUT2D eigenvalue weighted by Crippen LogP contribution is -2.38. The van der Waals surface area contributed by atoms with Gasteiger partial charge < -0.3 is 25.8 Å². The van der Waals surface area contributed by atoms with Gasteiger partial charge in [0.15, 0.2) is 0 Å². The van der Waals surface area contributed by atoms with E-state index in [-0.39, 0.29) is 30.4 Å². The van der Waals surface area contributed by atoms with Gasteiger partial charge in [-0.3, -0.25) is 14.4 Å². The second-order valence-electron chi connectivity index (χ2n) is 7.31. The third-order valence-corrected chi connectivity index (χ3v) is 5.16. The molecule has 2 aromatic rings. The molecule has 170 valence electrons. The normalized spacial score (nSPS) is 10.8. The van der Waals surface area contributed by atoms with Gasteiger partial charge in [-0.05, 0) is 38.1 Å². The Morgan fingerprint density at radius 1 is 1.19 bits per heavy atom. The monoisotopic (exact) mass is 460 g/mol. The number of benzene rings is 1. The van der Waals surface area contributed by atoms with Crippen LogP contribution in [0.25, 0.3) is 10.6 Å². The summed E-state index contributed by atoms with van der Waals surface area (Å²) in [5, 5.41) is 18.8.